The molecule has 5 nitrogen and oxygen atoms in total. The summed E-state index contributed by atoms with van der Waals surface area (Å²) >= 11 is 0. The Balaban J connectivity index is 2.12. The summed E-state index contributed by atoms with van der Waals surface area (Å²) in [6, 6.07) is 9.88. The molecular weight excluding hydrogens is 192 g/mol. The van der Waals surface area contributed by atoms with Gasteiger partial charge in [-0.15, -0.1) is 0 Å². The van der Waals surface area contributed by atoms with E-state index < -0.39 is 6.23 Å². The third-order valence-electron chi connectivity index (χ3n) is 2.03. The lowest BCUT2D eigenvalue weighted by atomic mass is 10.1. The van der Waals surface area contributed by atoms with Gasteiger partial charge >= 0.3 is 0 Å². The first-order valence-corrected chi connectivity index (χ1v) is 4.64. The molecule has 4 N–H and O–H groups in total. The molecule has 0 bridgehead atoms. The number of rotatable bonds is 3. The lowest BCUT2D eigenvalue weighted by molar-refractivity contribution is 0.176. The van der Waals surface area contributed by atoms with Gasteiger partial charge in [-0.25, -0.2) is 4.98 Å². The fourth-order valence-electron chi connectivity index (χ4n) is 1.31. The molecule has 0 aliphatic rings. The molecule has 0 radical (unpaired) electrons. The lowest BCUT2D eigenvalue weighted by Crippen LogP contribution is -2.10. The Morgan fingerprint density at radius 2 is 2.07 bits per heavy atom. The van der Waals surface area contributed by atoms with Crippen molar-refractivity contribution in [2.45, 2.75) is 12.6 Å². The summed E-state index contributed by atoms with van der Waals surface area (Å²) in [6.45, 7) is 0. The molecule has 2 aromatic rings. The predicted molar refractivity (Wildman–Crippen MR) is 54.8 cm³/mol. The molecule has 1 aromatic carbocycles. The van der Waals surface area contributed by atoms with Crippen LogP contribution in [0, 0.1) is 0 Å². The van der Waals surface area contributed by atoms with Gasteiger partial charge in [-0.1, -0.05) is 30.3 Å². The van der Waals surface area contributed by atoms with Gasteiger partial charge < -0.3 is 5.11 Å². The van der Waals surface area contributed by atoms with Gasteiger partial charge in [-0.3, -0.25) is 10.8 Å². The van der Waals surface area contributed by atoms with E-state index in [1.54, 1.807) is 0 Å². The number of aromatic amines is 1. The van der Waals surface area contributed by atoms with Crippen molar-refractivity contribution in [3.63, 3.8) is 0 Å². The number of aromatic nitrogens is 3. The van der Waals surface area contributed by atoms with Gasteiger partial charge in [0.15, 0.2) is 12.1 Å². The van der Waals surface area contributed by atoms with E-state index in [9.17, 15) is 0 Å². The largest absolute Gasteiger partial charge is 0.371 e. The van der Waals surface area contributed by atoms with Crippen LogP contribution in [-0.4, -0.2) is 20.3 Å². The highest BCUT2D eigenvalue weighted by Crippen LogP contribution is 2.06. The van der Waals surface area contributed by atoms with Crippen molar-refractivity contribution in [2.75, 3.05) is 0 Å². The summed E-state index contributed by atoms with van der Waals surface area (Å²) in [7, 11) is 0. The number of nitrogens with two attached hydrogens (primary N) is 1. The normalized spacial score (nSPS) is 12.7. The van der Waals surface area contributed by atoms with Crippen molar-refractivity contribution >= 4 is 0 Å². The molecule has 1 heterocycles. The first-order chi connectivity index (χ1) is 7.25. The molecule has 15 heavy (non-hydrogen) atoms. The van der Waals surface area contributed by atoms with Crippen molar-refractivity contribution in [3.05, 3.63) is 47.5 Å². The molecule has 0 saturated heterocycles. The van der Waals surface area contributed by atoms with Gasteiger partial charge in [-0.2, -0.15) is 5.10 Å². The van der Waals surface area contributed by atoms with Crippen molar-refractivity contribution in [1.29, 1.82) is 0 Å². The molecule has 1 unspecified atom stereocenters. The second kappa shape index (κ2) is 4.20. The fraction of sp³-hybridized carbons (Fsp3) is 0.200. The van der Waals surface area contributed by atoms with Crippen molar-refractivity contribution in [3.8, 4) is 0 Å². The summed E-state index contributed by atoms with van der Waals surface area (Å²) in [5.74, 6) is 0.918. The van der Waals surface area contributed by atoms with E-state index in [1.165, 1.54) is 0 Å². The van der Waals surface area contributed by atoms with Crippen molar-refractivity contribution < 1.29 is 5.11 Å². The van der Waals surface area contributed by atoms with E-state index in [2.05, 4.69) is 15.2 Å². The number of H-pyrrole nitrogens is 1. The topological polar surface area (TPSA) is 87.8 Å². The Labute approximate surface area is 87.0 Å². The predicted octanol–water partition coefficient (Wildman–Crippen LogP) is 0.345. The minimum Gasteiger partial charge on any atom is -0.371 e. The van der Waals surface area contributed by atoms with Crippen LogP contribution in [0.4, 0.5) is 0 Å². The molecule has 5 heteroatoms. The second-order valence-electron chi connectivity index (χ2n) is 3.25. The summed E-state index contributed by atoms with van der Waals surface area (Å²) in [5, 5.41) is 15.6. The molecule has 0 saturated carbocycles. The van der Waals surface area contributed by atoms with Crippen molar-refractivity contribution in [2.24, 2.45) is 5.73 Å². The Hall–Kier alpha value is -1.72. The Morgan fingerprint density at radius 3 is 2.67 bits per heavy atom. The van der Waals surface area contributed by atoms with E-state index in [0.717, 1.165) is 5.56 Å². The van der Waals surface area contributed by atoms with E-state index in [0.29, 0.717) is 12.2 Å². The molecule has 78 valence electrons. The number of nitrogens with one attached hydrogen (secondary N) is 1. The second-order valence-corrected chi connectivity index (χ2v) is 3.25. The summed E-state index contributed by atoms with van der Waals surface area (Å²) in [5.41, 5.74) is 6.36. The highest BCUT2D eigenvalue weighted by atomic mass is 16.3. The number of hydrogen-bond donors (Lipinski definition) is 3. The summed E-state index contributed by atoms with van der Waals surface area (Å²) < 4.78 is 0. The third kappa shape index (κ3) is 2.39. The average Bonchev–Trinajstić information content (AvgIpc) is 2.68. The third-order valence-corrected chi connectivity index (χ3v) is 2.03. The summed E-state index contributed by atoms with van der Waals surface area (Å²) in [6.07, 6.45) is -0.466. The number of hydrogen-bond acceptors (Lipinski definition) is 4. The van der Waals surface area contributed by atoms with Crippen LogP contribution in [0.3, 0.4) is 0 Å². The van der Waals surface area contributed by atoms with Crippen LogP contribution in [0.1, 0.15) is 23.4 Å². The smallest absolute Gasteiger partial charge is 0.194 e. The number of aliphatic hydroxyl groups excluding tert-OH is 1. The number of aliphatic hydroxyl groups is 1. The molecule has 0 aliphatic heterocycles. The monoisotopic (exact) mass is 204 g/mol. The minimum atomic E-state index is -1.12. The quantitative estimate of drug-likeness (QED) is 0.629. The molecular formula is C10H12N4O. The Kier molecular flexibility index (Phi) is 2.75. The van der Waals surface area contributed by atoms with Gasteiger partial charge in [0.05, 0.1) is 0 Å². The molecule has 2 rings (SSSR count). The fourth-order valence-corrected chi connectivity index (χ4v) is 1.31. The zero-order valence-electron chi connectivity index (χ0n) is 8.09. The van der Waals surface area contributed by atoms with Gasteiger partial charge in [-0.05, 0) is 5.56 Å². The van der Waals surface area contributed by atoms with Gasteiger partial charge in [0.1, 0.15) is 5.82 Å². The maximum atomic E-state index is 9.04. The van der Waals surface area contributed by atoms with Crippen LogP contribution >= 0.6 is 0 Å². The van der Waals surface area contributed by atoms with Gasteiger partial charge in [0.25, 0.3) is 0 Å². The van der Waals surface area contributed by atoms with Crippen LogP contribution in [0.15, 0.2) is 30.3 Å². The average molecular weight is 204 g/mol. The van der Waals surface area contributed by atoms with Crippen LogP contribution in [-0.2, 0) is 6.42 Å². The minimum absolute atomic E-state index is 0.223. The SMILES string of the molecule is NC(O)c1n[nH]c(Cc2ccccc2)n1. The molecule has 0 fully saturated rings. The van der Waals surface area contributed by atoms with Crippen molar-refractivity contribution in [1.82, 2.24) is 15.2 Å². The van der Waals surface area contributed by atoms with E-state index in [-0.39, 0.29) is 5.82 Å². The Bertz CT molecular complexity index is 424. The molecule has 0 aliphatic carbocycles. The van der Waals surface area contributed by atoms with E-state index in [4.69, 9.17) is 10.8 Å². The highest BCUT2D eigenvalue weighted by Gasteiger charge is 2.08. The first-order valence-electron chi connectivity index (χ1n) is 4.64. The first kappa shape index (κ1) is 9.82. The lowest BCUT2D eigenvalue weighted by Gasteiger charge is -1.96. The zero-order chi connectivity index (χ0) is 10.7. The van der Waals surface area contributed by atoms with Gasteiger partial charge in [0.2, 0.25) is 0 Å². The van der Waals surface area contributed by atoms with E-state index >= 15 is 0 Å². The molecule has 0 amide bonds. The zero-order valence-corrected chi connectivity index (χ0v) is 8.09. The van der Waals surface area contributed by atoms with Crippen LogP contribution in [0.5, 0.6) is 0 Å². The highest BCUT2D eigenvalue weighted by molar-refractivity contribution is 5.18. The van der Waals surface area contributed by atoms with Crippen LogP contribution < -0.4 is 5.73 Å². The van der Waals surface area contributed by atoms with Crippen LogP contribution in [0.2, 0.25) is 0 Å². The molecule has 0 spiro atoms. The standard InChI is InChI=1S/C10H12N4O/c11-9(15)10-12-8(13-14-10)6-7-4-2-1-3-5-7/h1-5,9,15H,6,11H2,(H,12,13,14). The summed E-state index contributed by atoms with van der Waals surface area (Å²) in [4.78, 5) is 4.06. The maximum Gasteiger partial charge on any atom is 0.194 e. The number of nitrogens with zero attached hydrogens (tertiary/aromatic N) is 2. The maximum absolute atomic E-state index is 9.04. The van der Waals surface area contributed by atoms with E-state index in [1.807, 2.05) is 30.3 Å². The molecule has 1 atom stereocenters. The van der Waals surface area contributed by atoms with Crippen LogP contribution in [0.25, 0.3) is 0 Å². The Morgan fingerprint density at radius 1 is 1.33 bits per heavy atom. The number of benzene rings is 1. The molecule has 1 aromatic heterocycles. The van der Waals surface area contributed by atoms with Gasteiger partial charge in [0, 0.05) is 6.42 Å².